The SMILES string of the molecule is CCN(CC)C(=O)CN(C(C)=O)c1ccccc1OC(C)C. The highest BCUT2D eigenvalue weighted by Gasteiger charge is 2.21. The number of amides is 2. The fourth-order valence-corrected chi connectivity index (χ4v) is 2.21. The van der Waals surface area contributed by atoms with Gasteiger partial charge in [-0.1, -0.05) is 12.1 Å². The zero-order valence-electron chi connectivity index (χ0n) is 14.1. The summed E-state index contributed by atoms with van der Waals surface area (Å²) in [6, 6.07) is 7.30. The van der Waals surface area contributed by atoms with E-state index in [1.54, 1.807) is 11.0 Å². The second-order valence-corrected chi connectivity index (χ2v) is 5.31. The Morgan fingerprint density at radius 3 is 2.23 bits per heavy atom. The maximum Gasteiger partial charge on any atom is 0.242 e. The molecule has 22 heavy (non-hydrogen) atoms. The van der Waals surface area contributed by atoms with E-state index in [1.807, 2.05) is 45.9 Å². The summed E-state index contributed by atoms with van der Waals surface area (Å²) < 4.78 is 5.75. The molecule has 0 saturated heterocycles. The molecule has 0 bridgehead atoms. The Morgan fingerprint density at radius 1 is 1.14 bits per heavy atom. The highest BCUT2D eigenvalue weighted by Crippen LogP contribution is 2.29. The van der Waals surface area contributed by atoms with E-state index in [-0.39, 0.29) is 24.5 Å². The molecule has 0 spiro atoms. The first-order chi connectivity index (χ1) is 10.4. The number of hydrogen-bond acceptors (Lipinski definition) is 3. The lowest BCUT2D eigenvalue weighted by atomic mass is 10.2. The smallest absolute Gasteiger partial charge is 0.242 e. The molecule has 0 atom stereocenters. The number of nitrogens with zero attached hydrogens (tertiary/aromatic N) is 2. The molecule has 0 aromatic heterocycles. The number of rotatable bonds is 7. The molecule has 0 N–H and O–H groups in total. The maximum absolute atomic E-state index is 12.3. The van der Waals surface area contributed by atoms with Crippen LogP contribution >= 0.6 is 0 Å². The van der Waals surface area contributed by atoms with Crippen LogP contribution in [0.4, 0.5) is 5.69 Å². The van der Waals surface area contributed by atoms with Gasteiger partial charge in [-0.25, -0.2) is 0 Å². The van der Waals surface area contributed by atoms with Gasteiger partial charge in [0, 0.05) is 20.0 Å². The van der Waals surface area contributed by atoms with Crippen LogP contribution in [0.5, 0.6) is 5.75 Å². The van der Waals surface area contributed by atoms with Gasteiger partial charge in [0.2, 0.25) is 11.8 Å². The van der Waals surface area contributed by atoms with Gasteiger partial charge in [-0.3, -0.25) is 14.5 Å². The molecule has 2 amide bonds. The van der Waals surface area contributed by atoms with E-state index in [2.05, 4.69) is 0 Å². The summed E-state index contributed by atoms with van der Waals surface area (Å²) in [6.07, 6.45) is -0.00607. The average Bonchev–Trinajstić information content (AvgIpc) is 2.46. The van der Waals surface area contributed by atoms with E-state index in [4.69, 9.17) is 4.74 Å². The molecule has 0 unspecified atom stereocenters. The number of ether oxygens (including phenoxy) is 1. The lowest BCUT2D eigenvalue weighted by molar-refractivity contribution is -0.130. The summed E-state index contributed by atoms with van der Waals surface area (Å²) in [5.74, 6) is 0.361. The standard InChI is InChI=1S/C17H26N2O3/c1-6-18(7-2)17(21)12-19(14(5)20)15-10-8-9-11-16(15)22-13(3)4/h8-11,13H,6-7,12H2,1-5H3. The third-order valence-corrected chi connectivity index (χ3v) is 3.31. The zero-order chi connectivity index (χ0) is 16.7. The van der Waals surface area contributed by atoms with Gasteiger partial charge < -0.3 is 9.64 Å². The fraction of sp³-hybridized carbons (Fsp3) is 0.529. The van der Waals surface area contributed by atoms with Crippen LogP contribution in [0.15, 0.2) is 24.3 Å². The molecule has 0 heterocycles. The van der Waals surface area contributed by atoms with E-state index in [0.29, 0.717) is 24.5 Å². The number of carbonyl (C=O) groups excluding carboxylic acids is 2. The summed E-state index contributed by atoms with van der Waals surface area (Å²) in [6.45, 7) is 10.4. The lowest BCUT2D eigenvalue weighted by Gasteiger charge is -2.27. The number of likely N-dealkylation sites (N-methyl/N-ethyl adjacent to an activating group) is 1. The van der Waals surface area contributed by atoms with Crippen molar-refractivity contribution < 1.29 is 14.3 Å². The van der Waals surface area contributed by atoms with Crippen molar-refractivity contribution in [3.8, 4) is 5.75 Å². The quantitative estimate of drug-likeness (QED) is 0.778. The van der Waals surface area contributed by atoms with E-state index >= 15 is 0 Å². The molecular weight excluding hydrogens is 280 g/mol. The highest BCUT2D eigenvalue weighted by molar-refractivity contribution is 5.98. The van der Waals surface area contributed by atoms with Crippen LogP contribution < -0.4 is 9.64 Å². The van der Waals surface area contributed by atoms with Gasteiger partial charge in [0.25, 0.3) is 0 Å². The molecule has 0 aliphatic heterocycles. The number of carbonyl (C=O) groups is 2. The first kappa shape index (κ1) is 18.0. The molecule has 0 aliphatic rings. The van der Waals surface area contributed by atoms with Gasteiger partial charge in [-0.15, -0.1) is 0 Å². The van der Waals surface area contributed by atoms with Crippen molar-refractivity contribution in [3.63, 3.8) is 0 Å². The molecule has 1 rings (SSSR count). The normalized spacial score (nSPS) is 10.5. The number of para-hydroxylation sites is 2. The van der Waals surface area contributed by atoms with Crippen molar-refractivity contribution in [1.82, 2.24) is 4.90 Å². The minimum Gasteiger partial charge on any atom is -0.489 e. The van der Waals surface area contributed by atoms with E-state index in [0.717, 1.165) is 0 Å². The largest absolute Gasteiger partial charge is 0.489 e. The minimum absolute atomic E-state index is 0.00607. The molecule has 122 valence electrons. The molecule has 0 aliphatic carbocycles. The first-order valence-electron chi connectivity index (χ1n) is 7.72. The van der Waals surface area contributed by atoms with Crippen LogP contribution in [0, 0.1) is 0 Å². The van der Waals surface area contributed by atoms with Crippen molar-refractivity contribution in [1.29, 1.82) is 0 Å². The van der Waals surface area contributed by atoms with Gasteiger partial charge in [0.15, 0.2) is 0 Å². The van der Waals surface area contributed by atoms with Gasteiger partial charge in [-0.05, 0) is 39.8 Å². The molecule has 5 heteroatoms. The third kappa shape index (κ3) is 4.76. The number of hydrogen-bond donors (Lipinski definition) is 0. The minimum atomic E-state index is -0.180. The fourth-order valence-electron chi connectivity index (χ4n) is 2.21. The highest BCUT2D eigenvalue weighted by atomic mass is 16.5. The summed E-state index contributed by atoms with van der Waals surface area (Å²) in [7, 11) is 0. The van der Waals surface area contributed by atoms with Gasteiger partial charge in [0.1, 0.15) is 12.3 Å². The van der Waals surface area contributed by atoms with Crippen LogP contribution in [0.1, 0.15) is 34.6 Å². The lowest BCUT2D eigenvalue weighted by Crippen LogP contribution is -2.42. The Hall–Kier alpha value is -2.04. The van der Waals surface area contributed by atoms with Crippen LogP contribution in [0.3, 0.4) is 0 Å². The molecular formula is C17H26N2O3. The molecule has 0 fully saturated rings. The van der Waals surface area contributed by atoms with Crippen molar-refractivity contribution in [3.05, 3.63) is 24.3 Å². The van der Waals surface area contributed by atoms with Crippen molar-refractivity contribution in [2.45, 2.75) is 40.7 Å². The molecule has 0 radical (unpaired) electrons. The Morgan fingerprint density at radius 2 is 1.73 bits per heavy atom. The first-order valence-corrected chi connectivity index (χ1v) is 7.72. The average molecular weight is 306 g/mol. The molecule has 5 nitrogen and oxygen atoms in total. The predicted octanol–water partition coefficient (Wildman–Crippen LogP) is 2.70. The Labute approximate surface area is 132 Å². The van der Waals surface area contributed by atoms with Crippen molar-refractivity contribution in [2.75, 3.05) is 24.5 Å². The zero-order valence-corrected chi connectivity index (χ0v) is 14.1. The number of benzene rings is 1. The van der Waals surface area contributed by atoms with E-state index < -0.39 is 0 Å². The van der Waals surface area contributed by atoms with Crippen molar-refractivity contribution >= 4 is 17.5 Å². The van der Waals surface area contributed by atoms with Crippen LogP contribution in [-0.4, -0.2) is 42.5 Å². The maximum atomic E-state index is 12.3. The van der Waals surface area contributed by atoms with Crippen molar-refractivity contribution in [2.24, 2.45) is 0 Å². The van der Waals surface area contributed by atoms with Crippen LogP contribution in [0.25, 0.3) is 0 Å². The van der Waals surface area contributed by atoms with Gasteiger partial charge >= 0.3 is 0 Å². The monoisotopic (exact) mass is 306 g/mol. The second kappa shape index (κ2) is 8.41. The van der Waals surface area contributed by atoms with E-state index in [9.17, 15) is 9.59 Å². The topological polar surface area (TPSA) is 49.9 Å². The van der Waals surface area contributed by atoms with Crippen LogP contribution in [0.2, 0.25) is 0 Å². The molecule has 1 aromatic carbocycles. The third-order valence-electron chi connectivity index (χ3n) is 3.31. The summed E-state index contributed by atoms with van der Waals surface area (Å²) in [5, 5.41) is 0. The predicted molar refractivity (Wildman–Crippen MR) is 88.2 cm³/mol. The second-order valence-electron chi connectivity index (χ2n) is 5.31. The summed E-state index contributed by atoms with van der Waals surface area (Å²) >= 11 is 0. The molecule has 1 aromatic rings. The van der Waals surface area contributed by atoms with Crippen LogP contribution in [-0.2, 0) is 9.59 Å². The Kier molecular flexibility index (Phi) is 6.89. The Balaban J connectivity index is 3.06. The van der Waals surface area contributed by atoms with Gasteiger partial charge in [0.05, 0.1) is 11.8 Å². The summed E-state index contributed by atoms with van der Waals surface area (Å²) in [4.78, 5) is 27.5. The number of anilines is 1. The molecule has 0 saturated carbocycles. The van der Waals surface area contributed by atoms with Gasteiger partial charge in [-0.2, -0.15) is 0 Å². The Bertz CT molecular complexity index is 510. The van der Waals surface area contributed by atoms with E-state index in [1.165, 1.54) is 11.8 Å². The summed E-state index contributed by atoms with van der Waals surface area (Å²) in [5.41, 5.74) is 0.629.